The molecule has 1 aromatic heterocycles. The van der Waals surface area contributed by atoms with E-state index in [0.717, 1.165) is 0 Å². The number of nitrogens with two attached hydrogens (primary N) is 1. The first-order valence-electron chi connectivity index (χ1n) is 7.99. The Bertz CT molecular complexity index is 661. The predicted molar refractivity (Wildman–Crippen MR) is 87.2 cm³/mol. The molecule has 0 saturated carbocycles. The highest BCUT2D eigenvalue weighted by Gasteiger charge is 2.65. The SMILES string of the molecule is CC(C)COC[C@H]1C[C@@]2(C[C@](C)(c3csc(N)n3)OC2=O)C(=O)O1. The number of nitrogens with zero attached hydrogens (tertiary/aromatic N) is 1. The highest BCUT2D eigenvalue weighted by molar-refractivity contribution is 7.13. The van der Waals surface area contributed by atoms with Crippen LogP contribution in [0.15, 0.2) is 5.38 Å². The summed E-state index contributed by atoms with van der Waals surface area (Å²) in [5.74, 6) is -0.684. The summed E-state index contributed by atoms with van der Waals surface area (Å²) in [6.45, 7) is 6.72. The van der Waals surface area contributed by atoms with E-state index in [2.05, 4.69) is 4.98 Å². The lowest BCUT2D eigenvalue weighted by Crippen LogP contribution is -2.32. The number of rotatable bonds is 5. The van der Waals surface area contributed by atoms with Crippen LogP contribution in [0.5, 0.6) is 0 Å². The molecule has 2 aliphatic rings. The molecule has 3 rings (SSSR count). The van der Waals surface area contributed by atoms with E-state index < -0.39 is 29.1 Å². The first kappa shape index (κ1) is 17.2. The van der Waals surface area contributed by atoms with E-state index in [4.69, 9.17) is 19.9 Å². The fourth-order valence-corrected chi connectivity index (χ4v) is 3.96. The van der Waals surface area contributed by atoms with Crippen LogP contribution in [-0.2, 0) is 29.4 Å². The molecular formula is C16H22N2O5S. The number of hydrogen-bond donors (Lipinski definition) is 1. The first-order chi connectivity index (χ1) is 11.2. The number of nitrogen functional groups attached to an aromatic ring is 1. The van der Waals surface area contributed by atoms with E-state index in [-0.39, 0.29) is 12.8 Å². The fourth-order valence-electron chi connectivity index (χ4n) is 3.28. The van der Waals surface area contributed by atoms with Crippen LogP contribution in [0.3, 0.4) is 0 Å². The average Bonchev–Trinajstić information content (AvgIpc) is 3.11. The zero-order valence-corrected chi connectivity index (χ0v) is 14.9. The minimum absolute atomic E-state index is 0.210. The van der Waals surface area contributed by atoms with Gasteiger partial charge in [-0.05, 0) is 12.8 Å². The van der Waals surface area contributed by atoms with Gasteiger partial charge >= 0.3 is 11.9 Å². The second-order valence-electron chi connectivity index (χ2n) is 7.11. The van der Waals surface area contributed by atoms with Crippen molar-refractivity contribution in [2.45, 2.75) is 45.3 Å². The summed E-state index contributed by atoms with van der Waals surface area (Å²) >= 11 is 1.28. The summed E-state index contributed by atoms with van der Waals surface area (Å²) in [5.41, 5.74) is 4.02. The van der Waals surface area contributed by atoms with Crippen LogP contribution in [0.4, 0.5) is 5.13 Å². The number of carbonyl (C=O) groups is 2. The lowest BCUT2D eigenvalue weighted by atomic mass is 9.78. The van der Waals surface area contributed by atoms with Crippen LogP contribution in [0.25, 0.3) is 0 Å². The molecule has 132 valence electrons. The summed E-state index contributed by atoms with van der Waals surface area (Å²) in [5, 5.41) is 2.16. The number of esters is 2. The van der Waals surface area contributed by atoms with Crippen molar-refractivity contribution < 1.29 is 23.8 Å². The van der Waals surface area contributed by atoms with Crippen molar-refractivity contribution in [3.05, 3.63) is 11.1 Å². The first-order valence-corrected chi connectivity index (χ1v) is 8.87. The van der Waals surface area contributed by atoms with E-state index >= 15 is 0 Å². The number of cyclic esters (lactones) is 2. The van der Waals surface area contributed by atoms with Gasteiger partial charge in [-0.25, -0.2) is 4.98 Å². The standard InChI is InChI=1S/C16H22N2O5S/c1-9(2)5-21-6-10-4-16(12(19)22-10)8-15(3,23-13(16)20)11-7-24-14(17)18-11/h7,9-10H,4-6,8H2,1-3H3,(H2,17,18)/t10-,15-,16-/m1/s1. The van der Waals surface area contributed by atoms with Crippen LogP contribution in [0, 0.1) is 11.3 Å². The molecule has 0 bridgehead atoms. The number of anilines is 1. The highest BCUT2D eigenvalue weighted by Crippen LogP contribution is 2.52. The highest BCUT2D eigenvalue weighted by atomic mass is 32.1. The molecule has 24 heavy (non-hydrogen) atoms. The molecule has 2 fully saturated rings. The molecule has 7 nitrogen and oxygen atoms in total. The van der Waals surface area contributed by atoms with E-state index in [1.54, 1.807) is 12.3 Å². The van der Waals surface area contributed by atoms with Crippen LogP contribution >= 0.6 is 11.3 Å². The number of aromatic nitrogens is 1. The predicted octanol–water partition coefficient (Wildman–Crippen LogP) is 1.86. The molecule has 8 heteroatoms. The third-order valence-electron chi connectivity index (χ3n) is 4.41. The molecule has 2 N–H and O–H groups in total. The topological polar surface area (TPSA) is 101 Å². The molecule has 0 amide bonds. The largest absolute Gasteiger partial charge is 0.459 e. The van der Waals surface area contributed by atoms with Gasteiger partial charge in [0.2, 0.25) is 0 Å². The monoisotopic (exact) mass is 354 g/mol. The Labute approximate surface area is 144 Å². The minimum atomic E-state index is -1.26. The number of hydrogen-bond acceptors (Lipinski definition) is 8. The van der Waals surface area contributed by atoms with Gasteiger partial charge in [0.1, 0.15) is 6.10 Å². The van der Waals surface area contributed by atoms with Crippen molar-refractivity contribution in [2.24, 2.45) is 11.3 Å². The van der Waals surface area contributed by atoms with Crippen LogP contribution in [-0.4, -0.2) is 36.2 Å². The van der Waals surface area contributed by atoms with E-state index in [1.165, 1.54) is 11.3 Å². The summed E-state index contributed by atoms with van der Waals surface area (Å²) in [6, 6.07) is 0. The van der Waals surface area contributed by atoms with Gasteiger partial charge in [-0.2, -0.15) is 0 Å². The van der Waals surface area contributed by atoms with Crippen molar-refractivity contribution in [3.8, 4) is 0 Å². The van der Waals surface area contributed by atoms with Crippen molar-refractivity contribution >= 4 is 28.4 Å². The number of ether oxygens (including phenoxy) is 3. The Hall–Kier alpha value is -1.67. The van der Waals surface area contributed by atoms with Crippen molar-refractivity contribution in [1.29, 1.82) is 0 Å². The fraction of sp³-hybridized carbons (Fsp3) is 0.688. The second kappa shape index (κ2) is 6.00. The summed E-state index contributed by atoms with van der Waals surface area (Å²) in [6.07, 6.45) is 0.0612. The van der Waals surface area contributed by atoms with E-state index in [9.17, 15) is 9.59 Å². The van der Waals surface area contributed by atoms with Gasteiger partial charge in [-0.3, -0.25) is 9.59 Å². The van der Waals surface area contributed by atoms with Gasteiger partial charge in [0.05, 0.1) is 12.3 Å². The molecule has 0 unspecified atom stereocenters. The maximum absolute atomic E-state index is 12.5. The quantitative estimate of drug-likeness (QED) is 0.636. The molecule has 3 heterocycles. The molecule has 1 aromatic rings. The van der Waals surface area contributed by atoms with Gasteiger partial charge in [-0.15, -0.1) is 11.3 Å². The van der Waals surface area contributed by atoms with Crippen LogP contribution in [0.1, 0.15) is 39.3 Å². The van der Waals surface area contributed by atoms with Crippen molar-refractivity contribution in [3.63, 3.8) is 0 Å². The normalized spacial score (nSPS) is 32.6. The number of carbonyl (C=O) groups excluding carboxylic acids is 2. The Morgan fingerprint density at radius 1 is 1.46 bits per heavy atom. The maximum atomic E-state index is 12.5. The Morgan fingerprint density at radius 3 is 2.83 bits per heavy atom. The summed E-state index contributed by atoms with van der Waals surface area (Å²) in [7, 11) is 0. The molecule has 0 aliphatic carbocycles. The third kappa shape index (κ3) is 2.88. The summed E-state index contributed by atoms with van der Waals surface area (Å²) in [4.78, 5) is 29.1. The van der Waals surface area contributed by atoms with Gasteiger partial charge in [0, 0.05) is 24.8 Å². The molecule has 0 aromatic carbocycles. The van der Waals surface area contributed by atoms with Crippen molar-refractivity contribution in [2.75, 3.05) is 18.9 Å². The Balaban J connectivity index is 1.74. The lowest BCUT2D eigenvalue weighted by molar-refractivity contribution is -0.160. The molecule has 3 atom stereocenters. The van der Waals surface area contributed by atoms with Crippen LogP contribution < -0.4 is 5.73 Å². The Kier molecular flexibility index (Phi) is 4.29. The molecule has 2 aliphatic heterocycles. The van der Waals surface area contributed by atoms with Gasteiger partial charge in [-0.1, -0.05) is 13.8 Å². The molecule has 2 saturated heterocycles. The van der Waals surface area contributed by atoms with Crippen molar-refractivity contribution in [1.82, 2.24) is 4.98 Å². The number of thiazole rings is 1. The van der Waals surface area contributed by atoms with Gasteiger partial charge in [0.25, 0.3) is 0 Å². The van der Waals surface area contributed by atoms with Crippen LogP contribution in [0.2, 0.25) is 0 Å². The molecule has 1 spiro atoms. The van der Waals surface area contributed by atoms with Gasteiger partial charge in [0.15, 0.2) is 16.1 Å². The zero-order valence-electron chi connectivity index (χ0n) is 14.0. The second-order valence-corrected chi connectivity index (χ2v) is 8.00. The maximum Gasteiger partial charge on any atom is 0.324 e. The molecule has 0 radical (unpaired) electrons. The molecular weight excluding hydrogens is 332 g/mol. The van der Waals surface area contributed by atoms with Gasteiger partial charge < -0.3 is 19.9 Å². The lowest BCUT2D eigenvalue weighted by Gasteiger charge is -2.20. The van der Waals surface area contributed by atoms with E-state index in [1.807, 2.05) is 13.8 Å². The minimum Gasteiger partial charge on any atom is -0.459 e. The smallest absolute Gasteiger partial charge is 0.324 e. The average molecular weight is 354 g/mol. The Morgan fingerprint density at radius 2 is 2.21 bits per heavy atom. The van der Waals surface area contributed by atoms with E-state index in [0.29, 0.717) is 30.0 Å². The third-order valence-corrected chi connectivity index (χ3v) is 5.08. The summed E-state index contributed by atoms with van der Waals surface area (Å²) < 4.78 is 16.5. The zero-order chi connectivity index (χ0) is 17.5.